The van der Waals surface area contributed by atoms with Gasteiger partial charge in [-0.1, -0.05) is 29.8 Å². The van der Waals surface area contributed by atoms with Gasteiger partial charge in [0.1, 0.15) is 11.4 Å². The van der Waals surface area contributed by atoms with Crippen molar-refractivity contribution in [3.63, 3.8) is 0 Å². The minimum absolute atomic E-state index is 0.217. The van der Waals surface area contributed by atoms with Crippen molar-refractivity contribution >= 4 is 56.5 Å². The minimum atomic E-state index is -0.217. The van der Waals surface area contributed by atoms with Gasteiger partial charge in [-0.05, 0) is 54.1 Å². The topological polar surface area (TPSA) is 54.8 Å². The molecular formula is C24H16ClN3O2S. The summed E-state index contributed by atoms with van der Waals surface area (Å²) in [5.74, 6) is 1.01. The second-order valence-electron chi connectivity index (χ2n) is 6.83. The first kappa shape index (κ1) is 19.5. The summed E-state index contributed by atoms with van der Waals surface area (Å²) in [5.41, 5.74) is 1.88. The van der Waals surface area contributed by atoms with Crippen LogP contribution in [0.25, 0.3) is 16.2 Å². The molecule has 152 valence electrons. The van der Waals surface area contributed by atoms with Gasteiger partial charge in [0, 0.05) is 22.5 Å². The Hall–Kier alpha value is -3.48. The fourth-order valence-electron chi connectivity index (χ4n) is 3.42. The summed E-state index contributed by atoms with van der Waals surface area (Å²) < 4.78 is 6.30. The van der Waals surface area contributed by atoms with Crippen molar-refractivity contribution in [2.45, 2.75) is 0 Å². The summed E-state index contributed by atoms with van der Waals surface area (Å²) in [6.07, 6.45) is 5.12. The van der Waals surface area contributed by atoms with Crippen molar-refractivity contribution in [2.75, 3.05) is 12.0 Å². The normalized spacial score (nSPS) is 15.0. The number of hydrogen-bond donors (Lipinski definition) is 0. The van der Waals surface area contributed by atoms with Crippen molar-refractivity contribution in [1.82, 2.24) is 4.98 Å². The number of aromatic nitrogens is 1. The Morgan fingerprint density at radius 2 is 1.77 bits per heavy atom. The number of amides is 1. The number of aliphatic imine (C=N–C) groups is 1. The number of nitrogens with zero attached hydrogens (tertiary/aromatic N) is 3. The molecule has 5 rings (SSSR count). The zero-order valence-corrected chi connectivity index (χ0v) is 18.0. The van der Waals surface area contributed by atoms with Crippen LogP contribution in [0.3, 0.4) is 0 Å². The third kappa shape index (κ3) is 3.50. The van der Waals surface area contributed by atoms with Crippen LogP contribution in [0, 0.1) is 0 Å². The number of amidine groups is 1. The van der Waals surface area contributed by atoms with Gasteiger partial charge < -0.3 is 4.74 Å². The van der Waals surface area contributed by atoms with Crippen LogP contribution in [-0.2, 0) is 4.79 Å². The molecule has 0 bridgehead atoms. The SMILES string of the molecule is COc1ccc(N2C(=O)/C(=C\c3ccncc3)N=C2c2sc3ccccc3c2Cl)cc1. The van der Waals surface area contributed by atoms with Gasteiger partial charge in [0.25, 0.3) is 5.91 Å². The molecule has 7 heteroatoms. The Bertz CT molecular complexity index is 1340. The molecule has 1 aliphatic heterocycles. The molecule has 2 aromatic heterocycles. The smallest absolute Gasteiger partial charge is 0.282 e. The quantitative estimate of drug-likeness (QED) is 0.373. The number of thiophene rings is 1. The number of methoxy groups -OCH3 is 1. The lowest BCUT2D eigenvalue weighted by Crippen LogP contribution is -2.32. The Labute approximate surface area is 187 Å². The second-order valence-corrected chi connectivity index (χ2v) is 8.26. The summed E-state index contributed by atoms with van der Waals surface area (Å²) in [6, 6.07) is 18.9. The molecule has 1 aliphatic rings. The number of anilines is 1. The molecule has 0 radical (unpaired) electrons. The zero-order chi connectivity index (χ0) is 21.4. The van der Waals surface area contributed by atoms with Crippen LogP contribution in [0.5, 0.6) is 5.75 Å². The van der Waals surface area contributed by atoms with Crippen LogP contribution in [0.15, 0.2) is 83.7 Å². The first-order chi connectivity index (χ1) is 15.2. The Balaban J connectivity index is 1.67. The van der Waals surface area contributed by atoms with E-state index in [1.54, 1.807) is 30.5 Å². The molecule has 0 spiro atoms. The van der Waals surface area contributed by atoms with Crippen molar-refractivity contribution in [1.29, 1.82) is 0 Å². The zero-order valence-electron chi connectivity index (χ0n) is 16.4. The van der Waals surface area contributed by atoms with Gasteiger partial charge in [-0.2, -0.15) is 0 Å². The van der Waals surface area contributed by atoms with Crippen molar-refractivity contribution in [3.05, 3.63) is 94.2 Å². The maximum absolute atomic E-state index is 13.4. The average molecular weight is 446 g/mol. The van der Waals surface area contributed by atoms with Crippen LogP contribution in [-0.4, -0.2) is 23.8 Å². The summed E-state index contributed by atoms with van der Waals surface area (Å²) >= 11 is 8.26. The van der Waals surface area contributed by atoms with E-state index in [-0.39, 0.29) is 5.91 Å². The molecule has 31 heavy (non-hydrogen) atoms. The fraction of sp³-hybridized carbons (Fsp3) is 0.0417. The van der Waals surface area contributed by atoms with Crippen LogP contribution in [0.4, 0.5) is 5.69 Å². The highest BCUT2D eigenvalue weighted by atomic mass is 35.5. The minimum Gasteiger partial charge on any atom is -0.497 e. The highest BCUT2D eigenvalue weighted by Crippen LogP contribution is 2.39. The molecule has 3 heterocycles. The van der Waals surface area contributed by atoms with E-state index in [1.807, 2.05) is 60.7 Å². The number of carbonyl (C=O) groups excluding carboxylic acids is 1. The number of pyridine rings is 1. The summed E-state index contributed by atoms with van der Waals surface area (Å²) in [4.78, 5) is 24.5. The maximum atomic E-state index is 13.4. The summed E-state index contributed by atoms with van der Waals surface area (Å²) in [5, 5.41) is 1.54. The third-order valence-electron chi connectivity index (χ3n) is 4.94. The Kier molecular flexibility index (Phi) is 5.02. The molecule has 0 N–H and O–H groups in total. The summed E-state index contributed by atoms with van der Waals surface area (Å²) in [6.45, 7) is 0. The fourth-order valence-corrected chi connectivity index (χ4v) is 4.91. The first-order valence-corrected chi connectivity index (χ1v) is 10.7. The molecule has 2 aromatic carbocycles. The highest BCUT2D eigenvalue weighted by Gasteiger charge is 2.35. The number of carbonyl (C=O) groups is 1. The van der Waals surface area contributed by atoms with Gasteiger partial charge in [-0.25, -0.2) is 4.99 Å². The van der Waals surface area contributed by atoms with Crippen molar-refractivity contribution in [3.8, 4) is 5.75 Å². The van der Waals surface area contributed by atoms with Crippen molar-refractivity contribution < 1.29 is 9.53 Å². The highest BCUT2D eigenvalue weighted by molar-refractivity contribution is 7.21. The lowest BCUT2D eigenvalue weighted by atomic mass is 10.2. The van der Waals surface area contributed by atoms with Crippen LogP contribution >= 0.6 is 22.9 Å². The maximum Gasteiger partial charge on any atom is 0.282 e. The standard InChI is InChI=1S/C24H16ClN3O2S/c1-30-17-8-6-16(7-9-17)28-23(22-21(25)18-4-2-3-5-20(18)31-22)27-19(24(28)29)14-15-10-12-26-13-11-15/h2-14H,1H3/b19-14+. The Morgan fingerprint density at radius 3 is 2.48 bits per heavy atom. The number of benzene rings is 2. The molecule has 0 aliphatic carbocycles. The second kappa shape index (κ2) is 7.98. The van der Waals surface area contributed by atoms with Gasteiger partial charge in [-0.15, -0.1) is 11.3 Å². The van der Waals surface area contributed by atoms with Crippen LogP contribution in [0.2, 0.25) is 5.02 Å². The van der Waals surface area contributed by atoms with E-state index in [0.717, 1.165) is 20.5 Å². The van der Waals surface area contributed by atoms with Crippen molar-refractivity contribution in [2.24, 2.45) is 4.99 Å². The van der Waals surface area contributed by atoms with Crippen LogP contribution < -0.4 is 9.64 Å². The molecule has 0 atom stereocenters. The lowest BCUT2D eigenvalue weighted by Gasteiger charge is -2.18. The molecule has 5 nitrogen and oxygen atoms in total. The number of ether oxygens (including phenoxy) is 1. The van der Waals surface area contributed by atoms with E-state index in [9.17, 15) is 4.79 Å². The van der Waals surface area contributed by atoms with E-state index in [4.69, 9.17) is 21.3 Å². The summed E-state index contributed by atoms with van der Waals surface area (Å²) in [7, 11) is 1.61. The van der Waals surface area contributed by atoms with Gasteiger partial charge >= 0.3 is 0 Å². The average Bonchev–Trinajstić information content (AvgIpc) is 3.31. The molecule has 0 saturated heterocycles. The number of rotatable bonds is 4. The van der Waals surface area contributed by atoms with E-state index in [0.29, 0.717) is 28.0 Å². The number of halogens is 1. The largest absolute Gasteiger partial charge is 0.497 e. The molecule has 4 aromatic rings. The lowest BCUT2D eigenvalue weighted by molar-refractivity contribution is -0.113. The van der Waals surface area contributed by atoms with Gasteiger partial charge in [0.05, 0.1) is 22.7 Å². The number of fused-ring (bicyclic) bond motifs is 1. The van der Waals surface area contributed by atoms with Gasteiger partial charge in [0.2, 0.25) is 0 Å². The molecule has 1 amide bonds. The van der Waals surface area contributed by atoms with E-state index < -0.39 is 0 Å². The predicted molar refractivity (Wildman–Crippen MR) is 126 cm³/mol. The van der Waals surface area contributed by atoms with E-state index >= 15 is 0 Å². The third-order valence-corrected chi connectivity index (χ3v) is 6.61. The van der Waals surface area contributed by atoms with Gasteiger partial charge in [-0.3, -0.25) is 14.7 Å². The first-order valence-electron chi connectivity index (χ1n) is 9.52. The molecule has 0 saturated carbocycles. The van der Waals surface area contributed by atoms with E-state index in [1.165, 1.54) is 11.3 Å². The molecule has 0 unspecified atom stereocenters. The van der Waals surface area contributed by atoms with Crippen LogP contribution in [0.1, 0.15) is 10.4 Å². The monoisotopic (exact) mass is 445 g/mol. The number of hydrogen-bond acceptors (Lipinski definition) is 5. The predicted octanol–water partition coefficient (Wildman–Crippen LogP) is 5.79. The Morgan fingerprint density at radius 1 is 1.03 bits per heavy atom. The molecule has 0 fully saturated rings. The van der Waals surface area contributed by atoms with E-state index in [2.05, 4.69) is 4.98 Å². The molecular weight excluding hydrogens is 430 g/mol. The van der Waals surface area contributed by atoms with Gasteiger partial charge in [0.15, 0.2) is 5.84 Å².